The van der Waals surface area contributed by atoms with Crippen molar-refractivity contribution in [1.29, 1.82) is 0 Å². The van der Waals surface area contributed by atoms with E-state index in [-0.39, 0.29) is 11.5 Å². The molecule has 0 aromatic carbocycles. The van der Waals surface area contributed by atoms with Crippen molar-refractivity contribution in [2.45, 2.75) is 33.2 Å². The van der Waals surface area contributed by atoms with E-state index in [4.69, 9.17) is 0 Å². The second-order valence-electron chi connectivity index (χ2n) is 6.73. The lowest BCUT2D eigenvalue weighted by Crippen LogP contribution is -2.56. The molecule has 0 saturated carbocycles. The Bertz CT molecular complexity index is 303. The van der Waals surface area contributed by atoms with Crippen LogP contribution in [0.3, 0.4) is 0 Å². The van der Waals surface area contributed by atoms with Gasteiger partial charge in [-0.3, -0.25) is 9.69 Å². The molecule has 4 heteroatoms. The van der Waals surface area contributed by atoms with Crippen LogP contribution in [-0.2, 0) is 4.79 Å². The molecule has 0 aromatic rings. The van der Waals surface area contributed by atoms with Crippen LogP contribution in [0.1, 0.15) is 27.7 Å². The second-order valence-corrected chi connectivity index (χ2v) is 6.73. The van der Waals surface area contributed by atoms with Gasteiger partial charge < -0.3 is 10.2 Å². The van der Waals surface area contributed by atoms with Crippen molar-refractivity contribution in [3.63, 3.8) is 0 Å². The molecule has 0 aliphatic carbocycles. The zero-order valence-electron chi connectivity index (χ0n) is 12.2. The number of hydrogen-bond acceptors (Lipinski definition) is 3. The van der Waals surface area contributed by atoms with Crippen LogP contribution in [-0.4, -0.2) is 60.5 Å². The summed E-state index contributed by atoms with van der Waals surface area (Å²) in [6.07, 6.45) is 0. The summed E-state index contributed by atoms with van der Waals surface area (Å²) in [6, 6.07) is 0. The number of carbonyl (C=O) groups excluding carboxylic acids is 1. The Labute approximate surface area is 111 Å². The molecule has 2 fully saturated rings. The molecule has 0 bridgehead atoms. The first kappa shape index (κ1) is 13.8. The standard InChI is InChI=1S/C14H27N3O/c1-11-9-15-10-12(11)13(18)16-5-7-17(8-6-16)14(2,3)4/h11-12,15H,5-10H2,1-4H3. The van der Waals surface area contributed by atoms with Gasteiger partial charge in [0.25, 0.3) is 0 Å². The van der Waals surface area contributed by atoms with Gasteiger partial charge in [-0.1, -0.05) is 6.92 Å². The molecule has 2 aliphatic heterocycles. The number of rotatable bonds is 1. The molecule has 0 radical (unpaired) electrons. The highest BCUT2D eigenvalue weighted by molar-refractivity contribution is 5.79. The van der Waals surface area contributed by atoms with E-state index < -0.39 is 0 Å². The molecule has 1 amide bonds. The Morgan fingerprint density at radius 1 is 1.11 bits per heavy atom. The molecule has 104 valence electrons. The maximum absolute atomic E-state index is 12.4. The average Bonchev–Trinajstić information content (AvgIpc) is 2.73. The fourth-order valence-corrected chi connectivity index (χ4v) is 2.97. The number of nitrogens with zero attached hydrogens (tertiary/aromatic N) is 2. The molecule has 0 aromatic heterocycles. The monoisotopic (exact) mass is 253 g/mol. The van der Waals surface area contributed by atoms with Crippen molar-refractivity contribution in [2.75, 3.05) is 39.3 Å². The third-order valence-electron chi connectivity index (χ3n) is 4.37. The Hall–Kier alpha value is -0.610. The van der Waals surface area contributed by atoms with Crippen molar-refractivity contribution < 1.29 is 4.79 Å². The Morgan fingerprint density at radius 3 is 2.17 bits per heavy atom. The molecule has 0 spiro atoms. The minimum atomic E-state index is 0.200. The zero-order valence-corrected chi connectivity index (χ0v) is 12.2. The minimum Gasteiger partial charge on any atom is -0.340 e. The normalized spacial score (nSPS) is 30.8. The van der Waals surface area contributed by atoms with Crippen molar-refractivity contribution in [3.05, 3.63) is 0 Å². The molecule has 2 unspecified atom stereocenters. The highest BCUT2D eigenvalue weighted by atomic mass is 16.2. The van der Waals surface area contributed by atoms with Crippen LogP contribution in [0, 0.1) is 11.8 Å². The first-order valence-corrected chi connectivity index (χ1v) is 7.14. The second kappa shape index (κ2) is 5.17. The Balaban J connectivity index is 1.88. The van der Waals surface area contributed by atoms with E-state index in [0.29, 0.717) is 11.8 Å². The van der Waals surface area contributed by atoms with Crippen molar-refractivity contribution >= 4 is 5.91 Å². The lowest BCUT2D eigenvalue weighted by Gasteiger charge is -2.43. The lowest BCUT2D eigenvalue weighted by molar-refractivity contribution is -0.138. The van der Waals surface area contributed by atoms with Gasteiger partial charge in [0.15, 0.2) is 0 Å². The summed E-state index contributed by atoms with van der Waals surface area (Å²) < 4.78 is 0. The van der Waals surface area contributed by atoms with Crippen LogP contribution >= 0.6 is 0 Å². The zero-order chi connectivity index (χ0) is 13.3. The van der Waals surface area contributed by atoms with Gasteiger partial charge in [0.05, 0.1) is 5.92 Å². The maximum Gasteiger partial charge on any atom is 0.227 e. The van der Waals surface area contributed by atoms with E-state index in [1.807, 2.05) is 0 Å². The van der Waals surface area contributed by atoms with E-state index in [2.05, 4.69) is 42.8 Å². The van der Waals surface area contributed by atoms with Gasteiger partial charge in [-0.15, -0.1) is 0 Å². The highest BCUT2D eigenvalue weighted by Gasteiger charge is 2.35. The number of nitrogens with one attached hydrogen (secondary N) is 1. The number of hydrogen-bond donors (Lipinski definition) is 1. The summed E-state index contributed by atoms with van der Waals surface area (Å²) in [6.45, 7) is 14.5. The predicted molar refractivity (Wildman–Crippen MR) is 73.4 cm³/mol. The maximum atomic E-state index is 12.4. The van der Waals surface area contributed by atoms with Crippen LogP contribution in [0.4, 0.5) is 0 Å². The topological polar surface area (TPSA) is 35.6 Å². The molecule has 2 rings (SSSR count). The largest absolute Gasteiger partial charge is 0.340 e. The Kier molecular flexibility index (Phi) is 3.97. The highest BCUT2D eigenvalue weighted by Crippen LogP contribution is 2.21. The first-order chi connectivity index (χ1) is 8.39. The van der Waals surface area contributed by atoms with Crippen molar-refractivity contribution in [3.8, 4) is 0 Å². The Morgan fingerprint density at radius 2 is 1.72 bits per heavy atom. The van der Waals surface area contributed by atoms with Gasteiger partial charge in [0, 0.05) is 38.3 Å². The third-order valence-corrected chi connectivity index (χ3v) is 4.37. The smallest absolute Gasteiger partial charge is 0.227 e. The summed E-state index contributed by atoms with van der Waals surface area (Å²) in [7, 11) is 0. The number of amides is 1. The summed E-state index contributed by atoms with van der Waals surface area (Å²) in [5.74, 6) is 1.05. The molecule has 2 heterocycles. The molecule has 4 nitrogen and oxygen atoms in total. The van der Waals surface area contributed by atoms with Crippen LogP contribution in [0.5, 0.6) is 0 Å². The minimum absolute atomic E-state index is 0.200. The quantitative estimate of drug-likeness (QED) is 0.750. The van der Waals surface area contributed by atoms with Gasteiger partial charge in [-0.25, -0.2) is 0 Å². The van der Waals surface area contributed by atoms with Gasteiger partial charge in [-0.2, -0.15) is 0 Å². The number of carbonyl (C=O) groups is 1. The van der Waals surface area contributed by atoms with E-state index in [1.165, 1.54) is 0 Å². The van der Waals surface area contributed by atoms with Crippen LogP contribution < -0.4 is 5.32 Å². The summed E-state index contributed by atoms with van der Waals surface area (Å²) in [5, 5.41) is 3.32. The van der Waals surface area contributed by atoms with Gasteiger partial charge in [0.2, 0.25) is 5.91 Å². The van der Waals surface area contributed by atoms with Crippen molar-refractivity contribution in [2.24, 2.45) is 11.8 Å². The fraction of sp³-hybridized carbons (Fsp3) is 0.929. The van der Waals surface area contributed by atoms with Crippen LogP contribution in [0.2, 0.25) is 0 Å². The van der Waals surface area contributed by atoms with Crippen LogP contribution in [0.25, 0.3) is 0 Å². The van der Waals surface area contributed by atoms with Crippen molar-refractivity contribution in [1.82, 2.24) is 15.1 Å². The summed E-state index contributed by atoms with van der Waals surface area (Å²) >= 11 is 0. The molecule has 18 heavy (non-hydrogen) atoms. The molecule has 1 N–H and O–H groups in total. The van der Waals surface area contributed by atoms with E-state index in [1.54, 1.807) is 0 Å². The molecule has 2 saturated heterocycles. The average molecular weight is 253 g/mol. The molecular weight excluding hydrogens is 226 g/mol. The van der Waals surface area contributed by atoms with Gasteiger partial charge in [-0.05, 0) is 33.2 Å². The van der Waals surface area contributed by atoms with E-state index in [9.17, 15) is 4.79 Å². The van der Waals surface area contributed by atoms with Gasteiger partial charge >= 0.3 is 0 Å². The number of piperazine rings is 1. The third kappa shape index (κ3) is 2.86. The van der Waals surface area contributed by atoms with E-state index in [0.717, 1.165) is 39.3 Å². The van der Waals surface area contributed by atoms with Crippen LogP contribution in [0.15, 0.2) is 0 Å². The van der Waals surface area contributed by atoms with E-state index >= 15 is 0 Å². The lowest BCUT2D eigenvalue weighted by atomic mass is 9.96. The fourth-order valence-electron chi connectivity index (χ4n) is 2.97. The summed E-state index contributed by atoms with van der Waals surface area (Å²) in [5.41, 5.74) is 0.220. The summed E-state index contributed by atoms with van der Waals surface area (Å²) in [4.78, 5) is 17.0. The molecule has 2 atom stereocenters. The SMILES string of the molecule is CC1CNCC1C(=O)N1CCN(C(C)(C)C)CC1. The predicted octanol–water partition coefficient (Wildman–Crippen LogP) is 0.785. The molecular formula is C14H27N3O. The van der Waals surface area contributed by atoms with Gasteiger partial charge in [0.1, 0.15) is 0 Å². The first-order valence-electron chi connectivity index (χ1n) is 7.14. The molecule has 2 aliphatic rings.